The topological polar surface area (TPSA) is 81.4 Å². The normalized spacial score (nSPS) is 11.9. The van der Waals surface area contributed by atoms with Crippen LogP contribution in [0.1, 0.15) is 17.4 Å². The van der Waals surface area contributed by atoms with Gasteiger partial charge in [-0.05, 0) is 6.92 Å². The van der Waals surface area contributed by atoms with Crippen LogP contribution in [0, 0.1) is 0 Å². The van der Waals surface area contributed by atoms with Crippen LogP contribution in [-0.2, 0) is 9.53 Å². The molecule has 1 atom stereocenters. The number of carbonyl (C=O) groups excluding carboxylic acids is 2. The molecular weight excluding hydrogens is 188 g/mol. The van der Waals surface area contributed by atoms with Crippen LogP contribution >= 0.6 is 0 Å². The minimum atomic E-state index is -0.704. The molecule has 6 nitrogen and oxygen atoms in total. The summed E-state index contributed by atoms with van der Waals surface area (Å²) >= 11 is 0. The van der Waals surface area contributed by atoms with Crippen molar-refractivity contribution in [3.63, 3.8) is 0 Å². The van der Waals surface area contributed by atoms with Gasteiger partial charge in [-0.15, -0.1) is 0 Å². The van der Waals surface area contributed by atoms with Crippen molar-refractivity contribution in [2.75, 3.05) is 7.11 Å². The van der Waals surface area contributed by atoms with E-state index in [1.807, 2.05) is 0 Å². The average molecular weight is 198 g/mol. The van der Waals surface area contributed by atoms with Crippen molar-refractivity contribution in [3.8, 4) is 0 Å². The lowest BCUT2D eigenvalue weighted by molar-refractivity contribution is -0.142. The summed E-state index contributed by atoms with van der Waals surface area (Å²) in [5.74, 6) is -0.988. The van der Waals surface area contributed by atoms with Gasteiger partial charge < -0.3 is 14.6 Å². The van der Waals surface area contributed by atoms with Gasteiger partial charge in [0.05, 0.1) is 7.11 Å². The number of esters is 1. The fraction of sp³-hybridized carbons (Fsp3) is 0.375. The van der Waals surface area contributed by atoms with Crippen molar-refractivity contribution in [1.29, 1.82) is 0 Å². The zero-order chi connectivity index (χ0) is 10.6. The number of nitrogens with one attached hydrogen (secondary N) is 1. The lowest BCUT2D eigenvalue weighted by Crippen LogP contribution is -2.39. The SMILES string of the molecule is COC(=O)C(C)NC(=O)c1ccon1. The summed E-state index contributed by atoms with van der Waals surface area (Å²) in [6, 6.07) is 0.698. The molecule has 1 aromatic rings. The molecule has 1 heterocycles. The van der Waals surface area contributed by atoms with E-state index in [1.165, 1.54) is 26.4 Å². The number of aromatic nitrogens is 1. The third-order valence-electron chi connectivity index (χ3n) is 1.57. The Bertz CT molecular complexity index is 320. The lowest BCUT2D eigenvalue weighted by Gasteiger charge is -2.09. The molecule has 0 saturated carbocycles. The van der Waals surface area contributed by atoms with Gasteiger partial charge in [0.15, 0.2) is 5.69 Å². The van der Waals surface area contributed by atoms with Crippen LogP contribution in [0.25, 0.3) is 0 Å². The number of amides is 1. The number of nitrogens with zero attached hydrogens (tertiary/aromatic N) is 1. The van der Waals surface area contributed by atoms with Gasteiger partial charge in [0.25, 0.3) is 5.91 Å². The van der Waals surface area contributed by atoms with Crippen molar-refractivity contribution in [2.45, 2.75) is 13.0 Å². The highest BCUT2D eigenvalue weighted by atomic mass is 16.5. The van der Waals surface area contributed by atoms with Crippen molar-refractivity contribution >= 4 is 11.9 Å². The van der Waals surface area contributed by atoms with Crippen LogP contribution in [0.15, 0.2) is 16.9 Å². The fourth-order valence-corrected chi connectivity index (χ4v) is 0.836. The maximum absolute atomic E-state index is 11.3. The molecule has 0 aliphatic heterocycles. The van der Waals surface area contributed by atoms with Gasteiger partial charge in [0.2, 0.25) is 0 Å². The predicted molar refractivity (Wildman–Crippen MR) is 45.4 cm³/mol. The number of hydrogen-bond acceptors (Lipinski definition) is 5. The van der Waals surface area contributed by atoms with Crippen LogP contribution in [0.2, 0.25) is 0 Å². The van der Waals surface area contributed by atoms with Gasteiger partial charge in [0, 0.05) is 6.07 Å². The maximum atomic E-state index is 11.3. The highest BCUT2D eigenvalue weighted by Gasteiger charge is 2.17. The summed E-state index contributed by atoms with van der Waals surface area (Å²) in [6.07, 6.45) is 1.28. The molecule has 6 heteroatoms. The smallest absolute Gasteiger partial charge is 0.328 e. The second-order valence-corrected chi connectivity index (χ2v) is 2.60. The van der Waals surface area contributed by atoms with E-state index in [9.17, 15) is 9.59 Å². The first-order valence-corrected chi connectivity index (χ1v) is 3.94. The molecule has 1 N–H and O–H groups in total. The van der Waals surface area contributed by atoms with E-state index < -0.39 is 17.9 Å². The molecule has 0 bridgehead atoms. The fourth-order valence-electron chi connectivity index (χ4n) is 0.836. The van der Waals surface area contributed by atoms with Crippen LogP contribution < -0.4 is 5.32 Å². The molecule has 1 amide bonds. The van der Waals surface area contributed by atoms with E-state index in [1.54, 1.807) is 0 Å². The zero-order valence-electron chi connectivity index (χ0n) is 7.81. The Labute approximate surface area is 80.2 Å². The first kappa shape index (κ1) is 10.2. The molecule has 76 valence electrons. The molecular formula is C8H10N2O4. The summed E-state index contributed by atoms with van der Waals surface area (Å²) in [4.78, 5) is 22.2. The maximum Gasteiger partial charge on any atom is 0.328 e. The number of ether oxygens (including phenoxy) is 1. The quantitative estimate of drug-likeness (QED) is 0.689. The third-order valence-corrected chi connectivity index (χ3v) is 1.57. The Kier molecular flexibility index (Phi) is 3.22. The monoisotopic (exact) mass is 198 g/mol. The zero-order valence-corrected chi connectivity index (χ0v) is 7.81. The summed E-state index contributed by atoms with van der Waals surface area (Å²) in [5, 5.41) is 5.81. The number of rotatable bonds is 3. The lowest BCUT2D eigenvalue weighted by atomic mass is 10.3. The van der Waals surface area contributed by atoms with Crippen molar-refractivity contribution in [1.82, 2.24) is 10.5 Å². The van der Waals surface area contributed by atoms with Crippen LogP contribution in [0.4, 0.5) is 0 Å². The molecule has 14 heavy (non-hydrogen) atoms. The Morgan fingerprint density at radius 1 is 1.64 bits per heavy atom. The molecule has 0 saturated heterocycles. The molecule has 0 aliphatic rings. The van der Waals surface area contributed by atoms with Crippen LogP contribution in [0.3, 0.4) is 0 Å². The Hall–Kier alpha value is -1.85. The van der Waals surface area contributed by atoms with Crippen molar-refractivity contribution < 1.29 is 18.8 Å². The van der Waals surface area contributed by atoms with E-state index in [0.717, 1.165) is 0 Å². The molecule has 0 aliphatic carbocycles. The molecule has 1 rings (SSSR count). The number of hydrogen-bond donors (Lipinski definition) is 1. The second-order valence-electron chi connectivity index (χ2n) is 2.60. The largest absolute Gasteiger partial charge is 0.467 e. The molecule has 0 spiro atoms. The molecule has 1 unspecified atom stereocenters. The summed E-state index contributed by atoms with van der Waals surface area (Å²) in [6.45, 7) is 1.52. The van der Waals surface area contributed by atoms with Gasteiger partial charge >= 0.3 is 5.97 Å². The third kappa shape index (κ3) is 2.32. The first-order valence-electron chi connectivity index (χ1n) is 3.94. The van der Waals surface area contributed by atoms with E-state index in [0.29, 0.717) is 0 Å². The molecule has 0 radical (unpaired) electrons. The second kappa shape index (κ2) is 4.40. The Balaban J connectivity index is 2.53. The average Bonchev–Trinajstić information content (AvgIpc) is 2.69. The highest BCUT2D eigenvalue weighted by Crippen LogP contribution is 1.95. The summed E-state index contributed by atoms with van der Waals surface area (Å²) in [5.41, 5.74) is 0.126. The van der Waals surface area contributed by atoms with Crippen LogP contribution in [0.5, 0.6) is 0 Å². The number of methoxy groups -OCH3 is 1. The van der Waals surface area contributed by atoms with Crippen LogP contribution in [-0.4, -0.2) is 30.2 Å². The predicted octanol–water partition coefficient (Wildman–Crippen LogP) is -0.0341. The highest BCUT2D eigenvalue weighted by molar-refractivity contribution is 5.94. The summed E-state index contributed by atoms with van der Waals surface area (Å²) in [7, 11) is 1.25. The molecule has 1 aromatic heterocycles. The van der Waals surface area contributed by atoms with Crippen molar-refractivity contribution in [2.24, 2.45) is 0 Å². The van der Waals surface area contributed by atoms with E-state index >= 15 is 0 Å². The first-order chi connectivity index (χ1) is 6.65. The van der Waals surface area contributed by atoms with E-state index in [2.05, 4.69) is 19.7 Å². The van der Waals surface area contributed by atoms with E-state index in [4.69, 9.17) is 0 Å². The Morgan fingerprint density at radius 2 is 2.36 bits per heavy atom. The summed E-state index contributed by atoms with van der Waals surface area (Å²) < 4.78 is 8.91. The Morgan fingerprint density at radius 3 is 2.86 bits per heavy atom. The van der Waals surface area contributed by atoms with Gasteiger partial charge in [-0.3, -0.25) is 4.79 Å². The van der Waals surface area contributed by atoms with Gasteiger partial charge in [-0.25, -0.2) is 4.79 Å². The van der Waals surface area contributed by atoms with Gasteiger partial charge in [0.1, 0.15) is 12.3 Å². The molecule has 0 fully saturated rings. The number of carbonyl (C=O) groups is 2. The van der Waals surface area contributed by atoms with Crippen molar-refractivity contribution in [3.05, 3.63) is 18.0 Å². The minimum absolute atomic E-state index is 0.126. The molecule has 0 aromatic carbocycles. The van der Waals surface area contributed by atoms with E-state index in [-0.39, 0.29) is 5.69 Å². The van der Waals surface area contributed by atoms with Gasteiger partial charge in [-0.1, -0.05) is 5.16 Å². The van der Waals surface area contributed by atoms with Gasteiger partial charge in [-0.2, -0.15) is 0 Å². The standard InChI is InChI=1S/C8H10N2O4/c1-5(8(12)13-2)9-7(11)6-3-4-14-10-6/h3-5H,1-2H3,(H,9,11). The minimum Gasteiger partial charge on any atom is -0.467 e.